The van der Waals surface area contributed by atoms with E-state index in [0.717, 1.165) is 0 Å². The van der Waals surface area contributed by atoms with E-state index in [1.165, 1.54) is 13.1 Å². The number of hydrogen-bond donors (Lipinski definition) is 1. The maximum Gasteiger partial charge on any atom is 0.236 e. The summed E-state index contributed by atoms with van der Waals surface area (Å²) in [5.41, 5.74) is 2.23. The zero-order valence-corrected chi connectivity index (χ0v) is 10.4. The largest absolute Gasteiger partial charge is 0.274 e. The third-order valence-electron chi connectivity index (χ3n) is 0.351. The molecule has 1 amide bonds. The average molecular weight is 192 g/mol. The lowest BCUT2D eigenvalue weighted by molar-refractivity contribution is -0.118. The van der Waals surface area contributed by atoms with Gasteiger partial charge in [-0.25, -0.2) is 5.43 Å². The molecular formula is C10H28N2O. The van der Waals surface area contributed by atoms with Crippen molar-refractivity contribution in [2.45, 2.75) is 55.4 Å². The molecule has 3 nitrogen and oxygen atoms in total. The van der Waals surface area contributed by atoms with Gasteiger partial charge in [0.1, 0.15) is 0 Å². The van der Waals surface area contributed by atoms with Gasteiger partial charge in [0.05, 0.1) is 0 Å². The van der Waals surface area contributed by atoms with E-state index in [-0.39, 0.29) is 7.33 Å². The van der Waals surface area contributed by atoms with Gasteiger partial charge in [-0.2, -0.15) is 5.10 Å². The first-order valence-corrected chi connectivity index (χ1v) is 5.01. The minimum absolute atomic E-state index is 0. The molecule has 13 heavy (non-hydrogen) atoms. The van der Waals surface area contributed by atoms with Crippen LogP contribution >= 0.6 is 0 Å². The molecule has 84 valence electrons. The average Bonchev–Trinajstić information content (AvgIpc) is 2.24. The minimum atomic E-state index is -0.141. The van der Waals surface area contributed by atoms with E-state index in [0.29, 0.717) is 0 Å². The Kier molecular flexibility index (Phi) is 75.8. The van der Waals surface area contributed by atoms with Crippen LogP contribution in [-0.4, -0.2) is 12.1 Å². The van der Waals surface area contributed by atoms with Crippen LogP contribution in [0.5, 0.6) is 0 Å². The summed E-state index contributed by atoms with van der Waals surface area (Å²) in [5.74, 6) is -0.141. The highest BCUT2D eigenvalue weighted by atomic mass is 16.2. The fraction of sp³-hybridized carbons (Fsp3) is 0.800. The van der Waals surface area contributed by atoms with Gasteiger partial charge in [0.15, 0.2) is 0 Å². The number of rotatable bonds is 1. The van der Waals surface area contributed by atoms with Gasteiger partial charge in [0, 0.05) is 14.6 Å². The molecule has 0 unspecified atom stereocenters. The number of hydrogen-bond acceptors (Lipinski definition) is 2. The van der Waals surface area contributed by atoms with Crippen molar-refractivity contribution in [1.29, 1.82) is 0 Å². The summed E-state index contributed by atoms with van der Waals surface area (Å²) in [5, 5.41) is 3.45. The van der Waals surface area contributed by atoms with Gasteiger partial charge in [0.2, 0.25) is 5.91 Å². The lowest BCUT2D eigenvalue weighted by Gasteiger charge is -1.84. The van der Waals surface area contributed by atoms with Crippen molar-refractivity contribution in [2.24, 2.45) is 5.10 Å². The molecule has 0 radical (unpaired) electrons. The fourth-order valence-corrected chi connectivity index (χ4v) is 0.155. The SMILES string of the molecule is C/C=N/NC(C)=O.CC.CC.CC.[HH]. The molecule has 0 aromatic carbocycles. The molecule has 0 saturated carbocycles. The molecule has 0 spiro atoms. The topological polar surface area (TPSA) is 41.5 Å². The molecule has 0 bridgehead atoms. The van der Waals surface area contributed by atoms with Crippen LogP contribution < -0.4 is 5.43 Å². The maximum atomic E-state index is 9.98. The molecule has 0 aliphatic heterocycles. The smallest absolute Gasteiger partial charge is 0.236 e. The number of carbonyl (C=O) groups excluding carboxylic acids is 1. The molecule has 0 aliphatic rings. The monoisotopic (exact) mass is 192 g/mol. The number of nitrogens with one attached hydrogen (secondary N) is 1. The Morgan fingerprint density at radius 2 is 1.46 bits per heavy atom. The van der Waals surface area contributed by atoms with Crippen LogP contribution in [0, 0.1) is 0 Å². The zero-order chi connectivity index (χ0) is 11.7. The summed E-state index contributed by atoms with van der Waals surface area (Å²) in [6.07, 6.45) is 1.52. The molecule has 0 aromatic heterocycles. The Balaban J connectivity index is -0.0000000332. The molecule has 0 aliphatic carbocycles. The lowest BCUT2D eigenvalue weighted by atomic mass is 10.8. The van der Waals surface area contributed by atoms with Crippen LogP contribution in [-0.2, 0) is 4.79 Å². The molecule has 0 atom stereocenters. The van der Waals surface area contributed by atoms with E-state index >= 15 is 0 Å². The van der Waals surface area contributed by atoms with Crippen molar-refractivity contribution in [1.82, 2.24) is 5.43 Å². The first-order chi connectivity index (χ1) is 6.27. The molecule has 0 aromatic rings. The van der Waals surface area contributed by atoms with Crippen molar-refractivity contribution >= 4 is 12.1 Å². The van der Waals surface area contributed by atoms with Gasteiger partial charge in [-0.1, -0.05) is 41.5 Å². The Hall–Kier alpha value is -0.860. The van der Waals surface area contributed by atoms with Crippen LogP contribution in [0.4, 0.5) is 0 Å². The molecule has 0 saturated heterocycles. The second-order valence-electron chi connectivity index (χ2n) is 1.06. The molecule has 3 heteroatoms. The molecule has 0 fully saturated rings. The van der Waals surface area contributed by atoms with Crippen LogP contribution in [0.3, 0.4) is 0 Å². The Morgan fingerprint density at radius 3 is 1.54 bits per heavy atom. The lowest BCUT2D eigenvalue weighted by Crippen LogP contribution is -2.11. The highest BCUT2D eigenvalue weighted by Crippen LogP contribution is 1.56. The second kappa shape index (κ2) is 43.4. The van der Waals surface area contributed by atoms with E-state index in [1.54, 1.807) is 6.92 Å². The number of amides is 1. The van der Waals surface area contributed by atoms with Gasteiger partial charge in [-0.15, -0.1) is 0 Å². The summed E-state index contributed by atoms with van der Waals surface area (Å²) < 4.78 is 0. The summed E-state index contributed by atoms with van der Waals surface area (Å²) in [4.78, 5) is 9.98. The minimum Gasteiger partial charge on any atom is -0.274 e. The number of hydrazone groups is 1. The summed E-state index contributed by atoms with van der Waals surface area (Å²) in [6.45, 7) is 15.1. The van der Waals surface area contributed by atoms with Gasteiger partial charge in [-0.3, -0.25) is 4.79 Å². The summed E-state index contributed by atoms with van der Waals surface area (Å²) in [7, 11) is 0. The quantitative estimate of drug-likeness (QED) is 0.502. The Bertz CT molecular complexity index is 96.1. The first-order valence-electron chi connectivity index (χ1n) is 5.01. The zero-order valence-electron chi connectivity index (χ0n) is 10.4. The van der Waals surface area contributed by atoms with E-state index in [4.69, 9.17) is 0 Å². The van der Waals surface area contributed by atoms with E-state index in [1.807, 2.05) is 41.5 Å². The van der Waals surface area contributed by atoms with Gasteiger partial charge in [0.25, 0.3) is 0 Å². The highest BCUT2D eigenvalue weighted by molar-refractivity contribution is 5.73. The van der Waals surface area contributed by atoms with Crippen molar-refractivity contribution in [2.75, 3.05) is 0 Å². The second-order valence-corrected chi connectivity index (χ2v) is 1.06. The highest BCUT2D eigenvalue weighted by Gasteiger charge is 1.78. The van der Waals surface area contributed by atoms with Crippen LogP contribution in [0.15, 0.2) is 5.10 Å². The first kappa shape index (κ1) is 22.7. The van der Waals surface area contributed by atoms with E-state index < -0.39 is 0 Å². The maximum absolute atomic E-state index is 9.98. The normalized spacial score (nSPS) is 6.46. The summed E-state index contributed by atoms with van der Waals surface area (Å²) in [6, 6.07) is 0. The third-order valence-corrected chi connectivity index (χ3v) is 0.351. The Morgan fingerprint density at radius 1 is 1.15 bits per heavy atom. The third kappa shape index (κ3) is 94.4. The van der Waals surface area contributed by atoms with Crippen LogP contribution in [0.25, 0.3) is 0 Å². The molecule has 0 rings (SSSR count). The fourth-order valence-electron chi connectivity index (χ4n) is 0.155. The van der Waals surface area contributed by atoms with Gasteiger partial charge in [-0.05, 0) is 6.92 Å². The van der Waals surface area contributed by atoms with Crippen molar-refractivity contribution in [3.05, 3.63) is 0 Å². The van der Waals surface area contributed by atoms with Gasteiger partial charge < -0.3 is 0 Å². The van der Waals surface area contributed by atoms with E-state index in [9.17, 15) is 4.79 Å². The number of carbonyl (C=O) groups is 1. The van der Waals surface area contributed by atoms with Crippen LogP contribution in [0.2, 0.25) is 0 Å². The van der Waals surface area contributed by atoms with Gasteiger partial charge >= 0.3 is 0 Å². The number of nitrogens with zero attached hydrogens (tertiary/aromatic N) is 1. The standard InChI is InChI=1S/C4H8N2O.3C2H6.H2/c1-3-5-6-4(2)7;3*1-2;/h3H,1-2H3,(H,6,7);3*1-2H3;1H/b5-3+;;;;. The molecular weight excluding hydrogens is 164 g/mol. The molecule has 1 N–H and O–H groups in total. The van der Waals surface area contributed by atoms with Crippen LogP contribution in [0.1, 0.15) is 56.8 Å². The molecule has 0 heterocycles. The van der Waals surface area contributed by atoms with E-state index in [2.05, 4.69) is 10.5 Å². The van der Waals surface area contributed by atoms with Crippen molar-refractivity contribution < 1.29 is 6.22 Å². The predicted octanol–water partition coefficient (Wildman–Crippen LogP) is 3.45. The summed E-state index contributed by atoms with van der Waals surface area (Å²) >= 11 is 0. The Labute approximate surface area is 85.1 Å². The van der Waals surface area contributed by atoms with Crippen molar-refractivity contribution in [3.63, 3.8) is 0 Å². The van der Waals surface area contributed by atoms with Crippen molar-refractivity contribution in [3.8, 4) is 0 Å². The predicted molar refractivity (Wildman–Crippen MR) is 64.1 cm³/mol.